The van der Waals surface area contributed by atoms with Crippen molar-refractivity contribution in [1.29, 1.82) is 5.26 Å². The van der Waals surface area contributed by atoms with Gasteiger partial charge in [0.1, 0.15) is 24.2 Å². The zero-order valence-corrected chi connectivity index (χ0v) is 16.3. The summed E-state index contributed by atoms with van der Waals surface area (Å²) in [4.78, 5) is 20.0. The maximum Gasteiger partial charge on any atom is 0.352 e. The van der Waals surface area contributed by atoms with Crippen LogP contribution < -0.4 is 20.5 Å². The summed E-state index contributed by atoms with van der Waals surface area (Å²) < 4.78 is 27.3. The standard InChI is InChI=1S/C21H18FN5O3/c1-12-5-16(3-4-24-12)30-20-15(9-23)6-14(7-17(20)22)11-29-19-8-18-25-13(2)10-27(18)21(28)26-19/h3-8,13,25H,10-11H2,1-2H3. The van der Waals surface area contributed by atoms with Crippen LogP contribution in [0.15, 0.2) is 41.3 Å². The van der Waals surface area contributed by atoms with Crippen molar-refractivity contribution in [1.82, 2.24) is 14.5 Å². The summed E-state index contributed by atoms with van der Waals surface area (Å²) >= 11 is 0. The van der Waals surface area contributed by atoms with E-state index in [-0.39, 0.29) is 29.8 Å². The first-order valence-corrected chi connectivity index (χ1v) is 9.27. The predicted molar refractivity (Wildman–Crippen MR) is 106 cm³/mol. The molecule has 0 spiro atoms. The normalized spacial score (nSPS) is 14.5. The van der Waals surface area contributed by atoms with Gasteiger partial charge in [-0.1, -0.05) is 0 Å². The molecule has 1 unspecified atom stereocenters. The highest BCUT2D eigenvalue weighted by Crippen LogP contribution is 2.30. The first-order valence-electron chi connectivity index (χ1n) is 9.27. The Morgan fingerprint density at radius 1 is 1.37 bits per heavy atom. The van der Waals surface area contributed by atoms with Gasteiger partial charge in [0.15, 0.2) is 11.6 Å². The van der Waals surface area contributed by atoms with Crippen LogP contribution in [0.3, 0.4) is 0 Å². The van der Waals surface area contributed by atoms with Crippen LogP contribution in [0.1, 0.15) is 23.7 Å². The number of halogens is 1. The van der Waals surface area contributed by atoms with E-state index in [0.717, 1.165) is 0 Å². The van der Waals surface area contributed by atoms with Gasteiger partial charge in [-0.2, -0.15) is 10.2 Å². The van der Waals surface area contributed by atoms with Gasteiger partial charge in [-0.05, 0) is 37.6 Å². The van der Waals surface area contributed by atoms with Crippen LogP contribution in [-0.4, -0.2) is 20.6 Å². The topological polar surface area (TPSA) is 102 Å². The van der Waals surface area contributed by atoms with E-state index in [0.29, 0.717) is 29.4 Å². The molecule has 3 heterocycles. The molecule has 1 N–H and O–H groups in total. The van der Waals surface area contributed by atoms with E-state index in [2.05, 4.69) is 15.3 Å². The fraction of sp³-hybridized carbons (Fsp3) is 0.238. The van der Waals surface area contributed by atoms with Gasteiger partial charge in [0.25, 0.3) is 0 Å². The number of nitrogens with zero attached hydrogens (tertiary/aromatic N) is 4. The van der Waals surface area contributed by atoms with E-state index in [1.54, 1.807) is 31.3 Å². The maximum absolute atomic E-state index is 14.7. The molecule has 8 nitrogen and oxygen atoms in total. The third kappa shape index (κ3) is 3.93. The first-order chi connectivity index (χ1) is 14.4. The van der Waals surface area contributed by atoms with Gasteiger partial charge in [-0.25, -0.2) is 9.18 Å². The molecule has 152 valence electrons. The number of nitriles is 1. The second kappa shape index (κ2) is 7.83. The number of nitrogens with one attached hydrogen (secondary N) is 1. The lowest BCUT2D eigenvalue weighted by atomic mass is 10.1. The Hall–Kier alpha value is -3.93. The molecule has 0 saturated carbocycles. The third-order valence-corrected chi connectivity index (χ3v) is 4.54. The fourth-order valence-electron chi connectivity index (χ4n) is 3.20. The Bertz CT molecular complexity index is 1220. The monoisotopic (exact) mass is 407 g/mol. The minimum atomic E-state index is -0.695. The Labute approximate surface area is 171 Å². The number of hydrogen-bond donors (Lipinski definition) is 1. The zero-order valence-electron chi connectivity index (χ0n) is 16.3. The van der Waals surface area contributed by atoms with Crippen LogP contribution in [0.25, 0.3) is 0 Å². The maximum atomic E-state index is 14.7. The summed E-state index contributed by atoms with van der Waals surface area (Å²) in [7, 11) is 0. The number of benzene rings is 1. The second-order valence-corrected chi connectivity index (χ2v) is 7.01. The highest BCUT2D eigenvalue weighted by atomic mass is 19.1. The molecule has 0 aliphatic carbocycles. The molecule has 1 aliphatic rings. The summed E-state index contributed by atoms with van der Waals surface area (Å²) in [5, 5.41) is 12.6. The molecule has 1 atom stereocenters. The molecule has 0 bridgehead atoms. The van der Waals surface area contributed by atoms with Crippen molar-refractivity contribution in [2.75, 3.05) is 5.32 Å². The van der Waals surface area contributed by atoms with E-state index in [1.165, 1.54) is 16.7 Å². The molecular weight excluding hydrogens is 389 g/mol. The van der Waals surface area contributed by atoms with Crippen molar-refractivity contribution in [2.24, 2.45) is 0 Å². The van der Waals surface area contributed by atoms with Crippen molar-refractivity contribution >= 4 is 5.82 Å². The van der Waals surface area contributed by atoms with Crippen LogP contribution in [0.4, 0.5) is 10.2 Å². The summed E-state index contributed by atoms with van der Waals surface area (Å²) in [5.41, 5.74) is 0.726. The number of pyridine rings is 1. The van der Waals surface area contributed by atoms with Crippen molar-refractivity contribution < 1.29 is 13.9 Å². The molecule has 0 amide bonds. The van der Waals surface area contributed by atoms with Crippen LogP contribution in [0.2, 0.25) is 0 Å². The number of aromatic nitrogens is 3. The summed E-state index contributed by atoms with van der Waals surface area (Å²) in [6.45, 7) is 4.21. The molecule has 0 fully saturated rings. The zero-order chi connectivity index (χ0) is 21.3. The SMILES string of the molecule is Cc1cc(Oc2c(F)cc(COc3cc4n(c(=O)n3)CC(C)N4)cc2C#N)ccn1. The van der Waals surface area contributed by atoms with Gasteiger partial charge in [-0.15, -0.1) is 0 Å². The molecule has 1 aromatic carbocycles. The molecule has 4 rings (SSSR count). The van der Waals surface area contributed by atoms with E-state index < -0.39 is 11.5 Å². The van der Waals surface area contributed by atoms with Crippen LogP contribution in [-0.2, 0) is 13.2 Å². The van der Waals surface area contributed by atoms with Crippen molar-refractivity contribution in [3.63, 3.8) is 0 Å². The molecule has 2 aromatic heterocycles. The highest BCUT2D eigenvalue weighted by molar-refractivity contribution is 5.48. The number of ether oxygens (including phenoxy) is 2. The minimum Gasteiger partial charge on any atom is -0.473 e. The Kier molecular flexibility index (Phi) is 5.06. The van der Waals surface area contributed by atoms with Gasteiger partial charge in [0.2, 0.25) is 5.88 Å². The molecule has 30 heavy (non-hydrogen) atoms. The molecule has 3 aromatic rings. The smallest absolute Gasteiger partial charge is 0.352 e. The van der Waals surface area contributed by atoms with Gasteiger partial charge in [0, 0.05) is 36.6 Å². The lowest BCUT2D eigenvalue weighted by Gasteiger charge is -2.12. The molecule has 0 saturated heterocycles. The fourth-order valence-corrected chi connectivity index (χ4v) is 3.20. The van der Waals surface area contributed by atoms with Crippen LogP contribution >= 0.6 is 0 Å². The average Bonchev–Trinajstić information content (AvgIpc) is 3.09. The number of aryl methyl sites for hydroxylation is 1. The lowest BCUT2D eigenvalue weighted by Crippen LogP contribution is -2.22. The van der Waals surface area contributed by atoms with Gasteiger partial charge >= 0.3 is 5.69 Å². The van der Waals surface area contributed by atoms with Crippen LogP contribution in [0, 0.1) is 24.1 Å². The third-order valence-electron chi connectivity index (χ3n) is 4.54. The summed E-state index contributed by atoms with van der Waals surface area (Å²) in [6, 6.07) is 9.62. The Morgan fingerprint density at radius 2 is 2.20 bits per heavy atom. The molecule has 0 radical (unpaired) electrons. The number of hydrogen-bond acceptors (Lipinski definition) is 7. The van der Waals surface area contributed by atoms with Crippen LogP contribution in [0.5, 0.6) is 17.4 Å². The lowest BCUT2D eigenvalue weighted by molar-refractivity contribution is 0.290. The first kappa shape index (κ1) is 19.4. The summed E-state index contributed by atoms with van der Waals surface area (Å²) in [6.07, 6.45) is 1.54. The quantitative estimate of drug-likeness (QED) is 0.693. The van der Waals surface area contributed by atoms with Crippen molar-refractivity contribution in [3.05, 3.63) is 69.7 Å². The largest absolute Gasteiger partial charge is 0.473 e. The van der Waals surface area contributed by atoms with Gasteiger partial charge < -0.3 is 14.8 Å². The van der Waals surface area contributed by atoms with Gasteiger partial charge in [-0.3, -0.25) is 9.55 Å². The molecule has 9 heteroatoms. The predicted octanol–water partition coefficient (Wildman–Crippen LogP) is 3.14. The highest BCUT2D eigenvalue weighted by Gasteiger charge is 2.20. The number of rotatable bonds is 5. The summed E-state index contributed by atoms with van der Waals surface area (Å²) in [5.74, 6) is 0.266. The van der Waals surface area contributed by atoms with Gasteiger partial charge in [0.05, 0.1) is 5.56 Å². The van der Waals surface area contributed by atoms with E-state index >= 15 is 0 Å². The Balaban J connectivity index is 1.54. The van der Waals surface area contributed by atoms with E-state index in [9.17, 15) is 14.4 Å². The van der Waals surface area contributed by atoms with E-state index in [4.69, 9.17) is 9.47 Å². The number of anilines is 1. The Morgan fingerprint density at radius 3 is 2.97 bits per heavy atom. The van der Waals surface area contributed by atoms with Crippen molar-refractivity contribution in [2.45, 2.75) is 33.0 Å². The molecule has 1 aliphatic heterocycles. The van der Waals surface area contributed by atoms with Crippen molar-refractivity contribution in [3.8, 4) is 23.4 Å². The van der Waals surface area contributed by atoms with E-state index in [1.807, 2.05) is 13.0 Å². The minimum absolute atomic E-state index is 0.0283. The average molecular weight is 407 g/mol. The number of fused-ring (bicyclic) bond motifs is 1. The molecular formula is C21H18FN5O3. The second-order valence-electron chi connectivity index (χ2n) is 7.01.